The molecule has 1 aromatic heterocycles. The maximum atomic E-state index is 6.67. The van der Waals surface area contributed by atoms with E-state index in [1.165, 1.54) is 6.42 Å². The molecule has 0 amide bonds. The molecule has 0 spiro atoms. The summed E-state index contributed by atoms with van der Waals surface area (Å²) < 4.78 is 6.10. The van der Waals surface area contributed by atoms with Crippen LogP contribution in [0.15, 0.2) is 28.7 Å². The fourth-order valence-electron chi connectivity index (χ4n) is 3.65. The highest BCUT2D eigenvalue weighted by Gasteiger charge is 2.41. The third-order valence-corrected chi connectivity index (χ3v) is 5.87. The minimum Gasteiger partial charge on any atom is -0.459 e. The Bertz CT molecular complexity index is 644. The minimum absolute atomic E-state index is 0.0745. The van der Waals surface area contributed by atoms with Crippen molar-refractivity contribution < 1.29 is 4.42 Å². The molecule has 1 heterocycles. The Morgan fingerprint density at radius 3 is 2.67 bits per heavy atom. The molecule has 0 saturated heterocycles. The van der Waals surface area contributed by atoms with Crippen molar-refractivity contribution in [2.75, 3.05) is 0 Å². The van der Waals surface area contributed by atoms with Gasteiger partial charge in [0.25, 0.3) is 0 Å². The zero-order chi connectivity index (χ0) is 15.2. The number of hydrogen-bond acceptors (Lipinski definition) is 1. The lowest BCUT2D eigenvalue weighted by Crippen LogP contribution is -2.38. The monoisotopic (exact) mass is 324 g/mol. The summed E-state index contributed by atoms with van der Waals surface area (Å²) in [6, 6.07) is 8.01. The molecule has 1 aliphatic carbocycles. The van der Waals surface area contributed by atoms with Gasteiger partial charge in [0.1, 0.15) is 5.76 Å². The average Bonchev–Trinajstić information content (AvgIpc) is 2.84. The fraction of sp³-hybridized carbons (Fsp3) is 0.556. The Hall–Kier alpha value is -0.660. The quantitative estimate of drug-likeness (QED) is 0.582. The van der Waals surface area contributed by atoms with Crippen molar-refractivity contribution >= 4 is 34.2 Å². The highest BCUT2D eigenvalue weighted by atomic mass is 35.5. The molecule has 1 aromatic carbocycles. The molecule has 1 nitrogen and oxygen atoms in total. The summed E-state index contributed by atoms with van der Waals surface area (Å²) in [7, 11) is 0. The van der Waals surface area contributed by atoms with E-state index in [-0.39, 0.29) is 10.8 Å². The summed E-state index contributed by atoms with van der Waals surface area (Å²) in [5, 5.41) is 1.96. The molecule has 3 atom stereocenters. The van der Waals surface area contributed by atoms with E-state index in [1.54, 1.807) is 0 Å². The Labute approximate surface area is 136 Å². The number of halogens is 2. The number of para-hydroxylation sites is 1. The second kappa shape index (κ2) is 5.52. The van der Waals surface area contributed by atoms with E-state index in [4.69, 9.17) is 27.6 Å². The molecule has 3 rings (SSSR count). The first-order chi connectivity index (χ1) is 9.89. The van der Waals surface area contributed by atoms with Gasteiger partial charge in [-0.15, -0.1) is 11.6 Å². The van der Waals surface area contributed by atoms with Gasteiger partial charge in [-0.05, 0) is 36.8 Å². The second-order valence-electron chi connectivity index (χ2n) is 7.03. The molecule has 0 N–H and O–H groups in total. The van der Waals surface area contributed by atoms with Crippen molar-refractivity contribution in [2.45, 2.75) is 50.8 Å². The summed E-state index contributed by atoms with van der Waals surface area (Å²) in [6.07, 6.45) is 3.50. The Balaban J connectivity index is 1.97. The first-order valence-corrected chi connectivity index (χ1v) is 8.53. The van der Waals surface area contributed by atoms with Crippen LogP contribution in [-0.4, -0.2) is 5.38 Å². The maximum absolute atomic E-state index is 6.67. The van der Waals surface area contributed by atoms with E-state index >= 15 is 0 Å². The lowest BCUT2D eigenvalue weighted by atomic mass is 9.67. The molecular formula is C18H22Cl2O. The van der Waals surface area contributed by atoms with Crippen LogP contribution in [0.25, 0.3) is 11.0 Å². The van der Waals surface area contributed by atoms with Gasteiger partial charge in [-0.2, -0.15) is 0 Å². The van der Waals surface area contributed by atoms with Gasteiger partial charge < -0.3 is 4.42 Å². The van der Waals surface area contributed by atoms with E-state index in [2.05, 4.69) is 26.8 Å². The van der Waals surface area contributed by atoms with Gasteiger partial charge in [-0.3, -0.25) is 0 Å². The zero-order valence-electron chi connectivity index (χ0n) is 12.8. The predicted octanol–water partition coefficient (Wildman–Crippen LogP) is 6.41. The number of fused-ring (bicyclic) bond motifs is 1. The zero-order valence-corrected chi connectivity index (χ0v) is 14.3. The van der Waals surface area contributed by atoms with Crippen LogP contribution in [0, 0.1) is 11.8 Å². The van der Waals surface area contributed by atoms with Gasteiger partial charge in [-0.1, -0.05) is 50.9 Å². The van der Waals surface area contributed by atoms with E-state index < -0.39 is 0 Å². The number of furan rings is 1. The smallest absolute Gasteiger partial charge is 0.152 e. The van der Waals surface area contributed by atoms with Crippen molar-refractivity contribution in [1.29, 1.82) is 0 Å². The molecule has 1 aliphatic rings. The van der Waals surface area contributed by atoms with Crippen LogP contribution in [0.5, 0.6) is 0 Å². The van der Waals surface area contributed by atoms with Crippen LogP contribution in [0.3, 0.4) is 0 Å². The van der Waals surface area contributed by atoms with Crippen molar-refractivity contribution in [3.63, 3.8) is 0 Å². The van der Waals surface area contributed by atoms with Gasteiger partial charge >= 0.3 is 0 Å². The lowest BCUT2D eigenvalue weighted by Gasteiger charge is -2.40. The molecule has 0 bridgehead atoms. The van der Waals surface area contributed by atoms with Crippen molar-refractivity contribution in [3.05, 3.63) is 35.0 Å². The summed E-state index contributed by atoms with van der Waals surface area (Å²) in [4.78, 5) is 0. The van der Waals surface area contributed by atoms with E-state index in [0.29, 0.717) is 10.9 Å². The Morgan fingerprint density at radius 2 is 2.00 bits per heavy atom. The van der Waals surface area contributed by atoms with E-state index in [1.807, 2.05) is 18.2 Å². The predicted molar refractivity (Wildman–Crippen MR) is 90.4 cm³/mol. The van der Waals surface area contributed by atoms with E-state index in [0.717, 1.165) is 35.5 Å². The fourth-order valence-corrected chi connectivity index (χ4v) is 4.62. The van der Waals surface area contributed by atoms with Gasteiger partial charge in [0.2, 0.25) is 0 Å². The van der Waals surface area contributed by atoms with Gasteiger partial charge in [0, 0.05) is 16.2 Å². The van der Waals surface area contributed by atoms with Crippen LogP contribution >= 0.6 is 23.2 Å². The molecule has 1 fully saturated rings. The Kier molecular flexibility index (Phi) is 4.00. The van der Waals surface area contributed by atoms with Crippen molar-refractivity contribution in [1.82, 2.24) is 0 Å². The first-order valence-electron chi connectivity index (χ1n) is 7.72. The molecule has 2 aromatic rings. The summed E-state index contributed by atoms with van der Waals surface area (Å²) in [5.41, 5.74) is 0.715. The van der Waals surface area contributed by atoms with Crippen LogP contribution in [-0.2, 0) is 5.41 Å². The lowest BCUT2D eigenvalue weighted by molar-refractivity contribution is 0.187. The largest absolute Gasteiger partial charge is 0.459 e. The summed E-state index contributed by atoms with van der Waals surface area (Å²) in [6.45, 7) is 6.78. The van der Waals surface area contributed by atoms with Crippen LogP contribution in [0.4, 0.5) is 0 Å². The molecule has 21 heavy (non-hydrogen) atoms. The number of benzene rings is 1. The number of hydrogen-bond donors (Lipinski definition) is 0. The molecular weight excluding hydrogens is 303 g/mol. The average molecular weight is 325 g/mol. The molecule has 114 valence electrons. The first kappa shape index (κ1) is 15.2. The number of alkyl halides is 1. The minimum atomic E-state index is -0.0745. The molecule has 3 heteroatoms. The second-order valence-corrected chi connectivity index (χ2v) is 8.00. The topological polar surface area (TPSA) is 13.1 Å². The Morgan fingerprint density at radius 1 is 1.24 bits per heavy atom. The molecule has 3 unspecified atom stereocenters. The summed E-state index contributed by atoms with van der Waals surface area (Å²) in [5.74, 6) is 2.16. The van der Waals surface area contributed by atoms with Gasteiger partial charge in [0.05, 0.1) is 5.02 Å². The van der Waals surface area contributed by atoms with Crippen LogP contribution in [0.2, 0.25) is 5.02 Å². The molecule has 0 radical (unpaired) electrons. The normalized spacial score (nSPS) is 27.2. The van der Waals surface area contributed by atoms with Crippen molar-refractivity contribution in [2.24, 2.45) is 11.8 Å². The maximum Gasteiger partial charge on any atom is 0.152 e. The standard InChI is InChI=1S/C18H22Cl2O/c1-11-7-8-13(15(20)9-11)18(2,3)16-10-12-5-4-6-14(19)17(12)21-16/h4-6,10-11,13,15H,7-9H2,1-3H3. The van der Waals surface area contributed by atoms with Crippen LogP contribution < -0.4 is 0 Å². The van der Waals surface area contributed by atoms with Gasteiger partial charge in [-0.25, -0.2) is 0 Å². The third-order valence-electron chi connectivity index (χ3n) is 5.09. The third kappa shape index (κ3) is 2.71. The number of rotatable bonds is 2. The van der Waals surface area contributed by atoms with Gasteiger partial charge in [0.15, 0.2) is 5.58 Å². The highest BCUT2D eigenvalue weighted by molar-refractivity contribution is 6.34. The van der Waals surface area contributed by atoms with Crippen LogP contribution in [0.1, 0.15) is 45.8 Å². The van der Waals surface area contributed by atoms with E-state index in [9.17, 15) is 0 Å². The van der Waals surface area contributed by atoms with Crippen molar-refractivity contribution in [3.8, 4) is 0 Å². The highest BCUT2D eigenvalue weighted by Crippen LogP contribution is 2.46. The SMILES string of the molecule is CC1CCC(C(C)(C)c2cc3cccc(Cl)c3o2)C(Cl)C1. The molecule has 0 aliphatic heterocycles. The summed E-state index contributed by atoms with van der Waals surface area (Å²) >= 11 is 12.9. The molecule has 1 saturated carbocycles.